The molecule has 0 amide bonds. The molecule has 0 radical (unpaired) electrons. The van der Waals surface area contributed by atoms with Crippen LogP contribution in [0.4, 0.5) is 0 Å². The number of unbranched alkanes of at least 4 members (excludes halogenated alkanes) is 18. The van der Waals surface area contributed by atoms with Crippen molar-refractivity contribution >= 4 is 17.8 Å². The normalized spacial score (nSPS) is 12.2. The molecule has 0 rings (SSSR count). The van der Waals surface area contributed by atoms with Crippen molar-refractivity contribution in [2.45, 2.75) is 156 Å². The lowest BCUT2D eigenvalue weighted by Gasteiger charge is -2.29. The second-order valence-electron chi connectivity index (χ2n) is 10.3. The maximum absolute atomic E-state index is 6.11. The number of hydrogen-bond acceptors (Lipinski definition) is 2. The van der Waals surface area contributed by atoms with Crippen molar-refractivity contribution in [2.24, 2.45) is 0 Å². The Bertz CT molecular complexity index is 380. The predicted molar refractivity (Wildman–Crippen MR) is 155 cm³/mol. The van der Waals surface area contributed by atoms with Crippen LogP contribution in [0.5, 0.6) is 0 Å². The molecule has 194 valence electrons. The van der Waals surface area contributed by atoms with Crippen molar-refractivity contribution in [3.05, 3.63) is 0 Å². The minimum Gasteiger partial charge on any atom is -0.298 e. The highest BCUT2D eigenvalue weighted by atomic mass is 32.4. The molecule has 0 saturated heterocycles. The lowest BCUT2D eigenvalue weighted by atomic mass is 10.1. The summed E-state index contributed by atoms with van der Waals surface area (Å²) in [6, 6.07) is -1.14. The van der Waals surface area contributed by atoms with Gasteiger partial charge in [0.2, 0.25) is 0 Å². The monoisotopic (exact) mass is 487 g/mol. The van der Waals surface area contributed by atoms with Crippen LogP contribution in [0, 0.1) is 0 Å². The third-order valence-corrected chi connectivity index (χ3v) is 12.4. The zero-order valence-corrected chi connectivity index (χ0v) is 24.7. The highest BCUT2D eigenvalue weighted by Crippen LogP contribution is 2.45. The Labute approximate surface area is 210 Å². The number of hydrogen-bond donors (Lipinski definition) is 0. The fourth-order valence-corrected chi connectivity index (χ4v) is 7.04. The third kappa shape index (κ3) is 21.2. The van der Waals surface area contributed by atoms with E-state index >= 15 is 0 Å². The van der Waals surface area contributed by atoms with Crippen molar-refractivity contribution in [3.63, 3.8) is 0 Å². The van der Waals surface area contributed by atoms with Gasteiger partial charge in [-0.05, 0) is 44.3 Å². The highest BCUT2D eigenvalue weighted by molar-refractivity contribution is 8.14. The molecule has 0 unspecified atom stereocenters. The zero-order valence-electron chi connectivity index (χ0n) is 23.0. The molecule has 0 atom stereocenters. The fourth-order valence-electron chi connectivity index (χ4n) is 4.69. The molecule has 0 aliphatic heterocycles. The molecule has 0 N–H and O–H groups in total. The third-order valence-electron chi connectivity index (χ3n) is 7.27. The van der Waals surface area contributed by atoms with Crippen molar-refractivity contribution in [1.29, 1.82) is 0 Å². The summed E-state index contributed by atoms with van der Waals surface area (Å²) in [5.74, 6) is 0. The van der Waals surface area contributed by atoms with Gasteiger partial charge in [-0.2, -0.15) is 0 Å². The summed E-state index contributed by atoms with van der Waals surface area (Å²) >= 11 is 6.11. The minimum absolute atomic E-state index is 1.14. The summed E-state index contributed by atoms with van der Waals surface area (Å²) in [4.78, 5) is 2.78. The molecular formula is C29H62NPS. The Kier molecular flexibility index (Phi) is 25.2. The Hall–Kier alpha value is 0.610. The van der Waals surface area contributed by atoms with Gasteiger partial charge in [0.05, 0.1) is 0 Å². The number of nitrogens with zero attached hydrogens (tertiary/aromatic N) is 1. The standard InChI is InChI=1S/C29H62NPS/c1-5-9-11-13-15-17-19-21-23-25-27-30(29-31(32,7-3)8-4)28-26-24-22-20-18-16-14-12-10-6-2/h5-29H2,1-4H3. The molecule has 0 aliphatic rings. The molecule has 0 bridgehead atoms. The summed E-state index contributed by atoms with van der Waals surface area (Å²) in [6.07, 6.45) is 32.3. The summed E-state index contributed by atoms with van der Waals surface area (Å²) in [7, 11) is 0. The molecule has 0 fully saturated rings. The van der Waals surface area contributed by atoms with E-state index in [2.05, 4.69) is 32.6 Å². The minimum atomic E-state index is -1.14. The van der Waals surface area contributed by atoms with Crippen LogP contribution in [0.2, 0.25) is 0 Å². The van der Waals surface area contributed by atoms with Gasteiger partial charge >= 0.3 is 0 Å². The van der Waals surface area contributed by atoms with Gasteiger partial charge < -0.3 is 0 Å². The Morgan fingerprint density at radius 2 is 0.719 bits per heavy atom. The molecule has 0 aliphatic carbocycles. The first kappa shape index (κ1) is 32.6. The maximum atomic E-state index is 6.11. The van der Waals surface area contributed by atoms with Crippen LogP contribution in [0.25, 0.3) is 0 Å². The summed E-state index contributed by atoms with van der Waals surface area (Å²) in [5, 5.41) is 0. The summed E-state index contributed by atoms with van der Waals surface area (Å²) in [6.45, 7) is 11.9. The first-order valence-electron chi connectivity index (χ1n) is 14.9. The Morgan fingerprint density at radius 1 is 0.438 bits per heavy atom. The Balaban J connectivity index is 3.95. The van der Waals surface area contributed by atoms with Crippen molar-refractivity contribution in [2.75, 3.05) is 31.7 Å². The van der Waals surface area contributed by atoms with Crippen LogP contribution in [-0.4, -0.2) is 36.6 Å². The van der Waals surface area contributed by atoms with E-state index in [1.165, 1.54) is 160 Å². The fraction of sp³-hybridized carbons (Fsp3) is 1.00. The molecular weight excluding hydrogens is 425 g/mol. The van der Waals surface area contributed by atoms with Gasteiger partial charge in [0.25, 0.3) is 0 Å². The molecule has 0 saturated carbocycles. The quantitative estimate of drug-likeness (QED) is 0.0881. The molecule has 0 aromatic rings. The second-order valence-corrected chi connectivity index (χ2v) is 16.3. The molecule has 0 spiro atoms. The van der Waals surface area contributed by atoms with Crippen LogP contribution in [0.15, 0.2) is 0 Å². The van der Waals surface area contributed by atoms with Crippen molar-refractivity contribution in [1.82, 2.24) is 4.90 Å². The van der Waals surface area contributed by atoms with Gasteiger partial charge in [-0.25, -0.2) is 0 Å². The van der Waals surface area contributed by atoms with E-state index in [-0.39, 0.29) is 0 Å². The van der Waals surface area contributed by atoms with E-state index < -0.39 is 6.04 Å². The highest BCUT2D eigenvalue weighted by Gasteiger charge is 2.16. The predicted octanol–water partition coefficient (Wildman–Crippen LogP) is 10.6. The van der Waals surface area contributed by atoms with E-state index in [4.69, 9.17) is 11.8 Å². The van der Waals surface area contributed by atoms with Gasteiger partial charge in [-0.3, -0.25) is 4.90 Å². The molecule has 0 aromatic heterocycles. The SMILES string of the molecule is CCCCCCCCCCCCN(CCCCCCCCCCCC)CP(=S)(CC)CC. The van der Waals surface area contributed by atoms with Gasteiger partial charge in [0.15, 0.2) is 0 Å². The molecule has 3 heteroatoms. The zero-order chi connectivity index (χ0) is 23.8. The van der Waals surface area contributed by atoms with Gasteiger partial charge in [0, 0.05) is 6.29 Å². The van der Waals surface area contributed by atoms with Crippen molar-refractivity contribution < 1.29 is 0 Å². The smallest absolute Gasteiger partial charge is 0.0275 e. The van der Waals surface area contributed by atoms with Gasteiger partial charge in [-0.15, -0.1) is 0 Å². The van der Waals surface area contributed by atoms with E-state index in [1.807, 2.05) is 0 Å². The maximum Gasteiger partial charge on any atom is 0.0275 e. The molecule has 0 aromatic carbocycles. The van der Waals surface area contributed by atoms with E-state index in [0.717, 1.165) is 0 Å². The topological polar surface area (TPSA) is 3.24 Å². The number of rotatable bonds is 26. The van der Waals surface area contributed by atoms with Crippen LogP contribution in [0.1, 0.15) is 156 Å². The first-order chi connectivity index (χ1) is 15.6. The molecule has 0 heterocycles. The van der Waals surface area contributed by atoms with E-state index in [9.17, 15) is 0 Å². The summed E-state index contributed by atoms with van der Waals surface area (Å²) < 4.78 is 0. The van der Waals surface area contributed by atoms with Crippen molar-refractivity contribution in [3.8, 4) is 0 Å². The molecule has 32 heavy (non-hydrogen) atoms. The Morgan fingerprint density at radius 3 is 1.00 bits per heavy atom. The van der Waals surface area contributed by atoms with Crippen LogP contribution in [0.3, 0.4) is 0 Å². The average molecular weight is 488 g/mol. The lowest BCUT2D eigenvalue weighted by molar-refractivity contribution is 0.299. The van der Waals surface area contributed by atoms with Crippen LogP contribution < -0.4 is 0 Å². The van der Waals surface area contributed by atoms with Gasteiger partial charge in [-0.1, -0.05) is 155 Å². The second kappa shape index (κ2) is 24.7. The van der Waals surface area contributed by atoms with E-state index in [1.54, 1.807) is 0 Å². The summed E-state index contributed by atoms with van der Waals surface area (Å²) in [5.41, 5.74) is 0. The van der Waals surface area contributed by atoms with Gasteiger partial charge in [0.1, 0.15) is 0 Å². The molecule has 1 nitrogen and oxygen atoms in total. The first-order valence-corrected chi connectivity index (χ1v) is 18.3. The lowest BCUT2D eigenvalue weighted by Crippen LogP contribution is -2.28. The largest absolute Gasteiger partial charge is 0.298 e. The average Bonchev–Trinajstić information content (AvgIpc) is 2.81. The van der Waals surface area contributed by atoms with Crippen LogP contribution >= 0.6 is 6.04 Å². The van der Waals surface area contributed by atoms with Crippen LogP contribution in [-0.2, 0) is 11.8 Å². The van der Waals surface area contributed by atoms with E-state index in [0.29, 0.717) is 0 Å².